The Morgan fingerprint density at radius 3 is 2.88 bits per heavy atom. The molecule has 0 N–H and O–H groups in total. The number of nitrogens with zero attached hydrogens (tertiary/aromatic N) is 3. The van der Waals surface area contributed by atoms with Gasteiger partial charge in [0.05, 0.1) is 37.9 Å². The van der Waals surface area contributed by atoms with Crippen LogP contribution in [0.25, 0.3) is 0 Å². The minimum atomic E-state index is -0.122. The van der Waals surface area contributed by atoms with Crippen molar-refractivity contribution in [2.45, 2.75) is 45.9 Å². The van der Waals surface area contributed by atoms with Crippen LogP contribution in [0.1, 0.15) is 30.9 Å². The van der Waals surface area contributed by atoms with Crippen LogP contribution in [0.2, 0.25) is 0 Å². The Kier molecular flexibility index (Phi) is 5.87. The Morgan fingerprint density at radius 1 is 1.36 bits per heavy atom. The zero-order chi connectivity index (χ0) is 17.6. The van der Waals surface area contributed by atoms with Crippen molar-refractivity contribution in [1.82, 2.24) is 14.7 Å². The summed E-state index contributed by atoms with van der Waals surface area (Å²) in [5, 5.41) is 4.36. The lowest BCUT2D eigenvalue weighted by Crippen LogP contribution is -2.42. The molecule has 2 heterocycles. The number of amides is 1. The quantitative estimate of drug-likeness (QED) is 0.778. The molecule has 5 heteroatoms. The van der Waals surface area contributed by atoms with Crippen LogP contribution >= 0.6 is 0 Å². The first-order chi connectivity index (χ1) is 12.1. The smallest absolute Gasteiger partial charge is 0.228 e. The minimum Gasteiger partial charge on any atom is -0.376 e. The van der Waals surface area contributed by atoms with Gasteiger partial charge in [-0.1, -0.05) is 37.3 Å². The standard InChI is InChI=1S/C20H27N3O2/c1-16-11-21-22(12-16)13-19-9-6-10-23(19)20(24)17(2)14-25-15-18-7-4-3-5-8-18/h3-5,7-8,11-12,17,19H,6,9-10,13-15H2,1-2H3. The molecule has 1 aliphatic heterocycles. The predicted octanol–water partition coefficient (Wildman–Crippen LogP) is 3.04. The lowest BCUT2D eigenvalue weighted by Gasteiger charge is -2.27. The number of aryl methyl sites for hydroxylation is 1. The van der Waals surface area contributed by atoms with Gasteiger partial charge in [0.25, 0.3) is 0 Å². The number of hydrogen-bond acceptors (Lipinski definition) is 3. The first-order valence-corrected chi connectivity index (χ1v) is 9.04. The fraction of sp³-hybridized carbons (Fsp3) is 0.500. The molecule has 5 nitrogen and oxygen atoms in total. The second-order valence-electron chi connectivity index (χ2n) is 6.97. The summed E-state index contributed by atoms with van der Waals surface area (Å²) in [4.78, 5) is 14.8. The van der Waals surface area contributed by atoms with Gasteiger partial charge < -0.3 is 9.64 Å². The van der Waals surface area contributed by atoms with Crippen LogP contribution in [-0.4, -0.2) is 39.8 Å². The molecule has 134 valence electrons. The molecule has 2 unspecified atom stereocenters. The summed E-state index contributed by atoms with van der Waals surface area (Å²) in [5.41, 5.74) is 2.29. The van der Waals surface area contributed by atoms with Crippen molar-refractivity contribution in [3.8, 4) is 0 Å². The van der Waals surface area contributed by atoms with Gasteiger partial charge in [-0.2, -0.15) is 5.10 Å². The number of rotatable bonds is 7. The van der Waals surface area contributed by atoms with Crippen LogP contribution in [0.5, 0.6) is 0 Å². The molecule has 2 aromatic rings. The fourth-order valence-electron chi connectivity index (χ4n) is 3.38. The monoisotopic (exact) mass is 341 g/mol. The average molecular weight is 341 g/mol. The molecule has 1 aromatic heterocycles. The molecule has 0 bridgehead atoms. The van der Waals surface area contributed by atoms with Gasteiger partial charge in [-0.15, -0.1) is 0 Å². The summed E-state index contributed by atoms with van der Waals surface area (Å²) in [6.45, 7) is 6.62. The second kappa shape index (κ2) is 8.30. The molecule has 1 aliphatic rings. The molecule has 2 atom stereocenters. The Labute approximate surface area is 149 Å². The van der Waals surface area contributed by atoms with E-state index in [4.69, 9.17) is 4.74 Å². The molecule has 0 aliphatic carbocycles. The minimum absolute atomic E-state index is 0.122. The third-order valence-electron chi connectivity index (χ3n) is 4.72. The van der Waals surface area contributed by atoms with Gasteiger partial charge in [0.15, 0.2) is 0 Å². The van der Waals surface area contributed by atoms with Crippen molar-refractivity contribution in [3.63, 3.8) is 0 Å². The van der Waals surface area contributed by atoms with Gasteiger partial charge >= 0.3 is 0 Å². The molecule has 25 heavy (non-hydrogen) atoms. The van der Waals surface area contributed by atoms with Gasteiger partial charge in [-0.25, -0.2) is 0 Å². The first-order valence-electron chi connectivity index (χ1n) is 9.04. The lowest BCUT2D eigenvalue weighted by molar-refractivity contribution is -0.138. The predicted molar refractivity (Wildman–Crippen MR) is 97.0 cm³/mol. The van der Waals surface area contributed by atoms with Crippen LogP contribution in [0.3, 0.4) is 0 Å². The Balaban J connectivity index is 1.50. The van der Waals surface area contributed by atoms with Crippen LogP contribution in [0, 0.1) is 12.8 Å². The van der Waals surface area contributed by atoms with E-state index in [1.165, 1.54) is 0 Å². The number of carbonyl (C=O) groups is 1. The van der Waals surface area contributed by atoms with Crippen LogP contribution < -0.4 is 0 Å². The molecular weight excluding hydrogens is 314 g/mol. The summed E-state index contributed by atoms with van der Waals surface area (Å²) < 4.78 is 7.70. The van der Waals surface area contributed by atoms with E-state index < -0.39 is 0 Å². The van der Waals surface area contributed by atoms with Crippen molar-refractivity contribution in [3.05, 3.63) is 53.9 Å². The van der Waals surface area contributed by atoms with Gasteiger partial charge in [-0.05, 0) is 30.9 Å². The molecular formula is C20H27N3O2. The van der Waals surface area contributed by atoms with Crippen LogP contribution in [-0.2, 0) is 22.7 Å². The van der Waals surface area contributed by atoms with E-state index in [1.54, 1.807) is 0 Å². The van der Waals surface area contributed by atoms with E-state index in [0.717, 1.165) is 37.1 Å². The Hall–Kier alpha value is -2.14. The number of aromatic nitrogens is 2. The average Bonchev–Trinajstić information content (AvgIpc) is 3.24. The first kappa shape index (κ1) is 17.7. The second-order valence-corrected chi connectivity index (χ2v) is 6.97. The van der Waals surface area contributed by atoms with E-state index in [-0.39, 0.29) is 17.9 Å². The Morgan fingerprint density at radius 2 is 2.16 bits per heavy atom. The largest absolute Gasteiger partial charge is 0.376 e. The molecule has 1 aromatic carbocycles. The van der Waals surface area contributed by atoms with E-state index in [2.05, 4.69) is 5.10 Å². The van der Waals surface area contributed by atoms with Crippen molar-refractivity contribution >= 4 is 5.91 Å². The van der Waals surface area contributed by atoms with Gasteiger partial charge in [0, 0.05) is 12.7 Å². The highest BCUT2D eigenvalue weighted by molar-refractivity contribution is 5.79. The van der Waals surface area contributed by atoms with E-state index in [0.29, 0.717) is 13.2 Å². The zero-order valence-electron chi connectivity index (χ0n) is 15.1. The molecule has 1 saturated heterocycles. The Bertz CT molecular complexity index is 683. The van der Waals surface area contributed by atoms with E-state index in [9.17, 15) is 4.79 Å². The van der Waals surface area contributed by atoms with Crippen molar-refractivity contribution < 1.29 is 9.53 Å². The summed E-state index contributed by atoms with van der Waals surface area (Å²) in [7, 11) is 0. The van der Waals surface area contributed by atoms with Crippen molar-refractivity contribution in [1.29, 1.82) is 0 Å². The summed E-state index contributed by atoms with van der Waals surface area (Å²) >= 11 is 0. The highest BCUT2D eigenvalue weighted by Crippen LogP contribution is 2.21. The molecule has 0 radical (unpaired) electrons. The maximum atomic E-state index is 12.8. The highest BCUT2D eigenvalue weighted by atomic mass is 16.5. The number of benzene rings is 1. The third kappa shape index (κ3) is 4.69. The summed E-state index contributed by atoms with van der Waals surface area (Å²) in [6, 6.07) is 10.3. The number of hydrogen-bond donors (Lipinski definition) is 0. The van der Waals surface area contributed by atoms with E-state index >= 15 is 0 Å². The van der Waals surface area contributed by atoms with Crippen LogP contribution in [0.4, 0.5) is 0 Å². The topological polar surface area (TPSA) is 47.4 Å². The number of ether oxygens (including phenoxy) is 1. The zero-order valence-corrected chi connectivity index (χ0v) is 15.1. The molecule has 3 rings (SSSR count). The van der Waals surface area contributed by atoms with Crippen molar-refractivity contribution in [2.24, 2.45) is 5.92 Å². The summed E-state index contributed by atoms with van der Waals surface area (Å²) in [5.74, 6) is 0.0723. The van der Waals surface area contributed by atoms with Crippen LogP contribution in [0.15, 0.2) is 42.7 Å². The fourth-order valence-corrected chi connectivity index (χ4v) is 3.38. The lowest BCUT2D eigenvalue weighted by atomic mass is 10.1. The molecule has 1 fully saturated rings. The number of carbonyl (C=O) groups excluding carboxylic acids is 1. The molecule has 0 spiro atoms. The maximum Gasteiger partial charge on any atom is 0.228 e. The molecule has 0 saturated carbocycles. The van der Waals surface area contributed by atoms with E-state index in [1.807, 2.05) is 66.2 Å². The normalized spacial score (nSPS) is 18.5. The maximum absolute atomic E-state index is 12.8. The van der Waals surface area contributed by atoms with Gasteiger partial charge in [0.1, 0.15) is 0 Å². The molecule has 1 amide bonds. The SMILES string of the molecule is Cc1cnn(CC2CCCN2C(=O)C(C)COCc2ccccc2)c1. The van der Waals surface area contributed by atoms with Gasteiger partial charge in [0.2, 0.25) is 5.91 Å². The highest BCUT2D eigenvalue weighted by Gasteiger charge is 2.31. The summed E-state index contributed by atoms with van der Waals surface area (Å²) in [6.07, 6.45) is 6.00. The van der Waals surface area contributed by atoms with Gasteiger partial charge in [-0.3, -0.25) is 9.48 Å². The van der Waals surface area contributed by atoms with Crippen molar-refractivity contribution in [2.75, 3.05) is 13.2 Å². The number of likely N-dealkylation sites (tertiary alicyclic amines) is 1. The third-order valence-corrected chi connectivity index (χ3v) is 4.72.